The lowest BCUT2D eigenvalue weighted by molar-refractivity contribution is 0.122. The van der Waals surface area contributed by atoms with Crippen LogP contribution in [0.1, 0.15) is 5.56 Å². The fourth-order valence-electron chi connectivity index (χ4n) is 5.11. The van der Waals surface area contributed by atoms with Crippen LogP contribution >= 0.6 is 0 Å². The lowest BCUT2D eigenvalue weighted by atomic mass is 10.1. The summed E-state index contributed by atoms with van der Waals surface area (Å²) >= 11 is 0. The van der Waals surface area contributed by atoms with Gasteiger partial charge in [0, 0.05) is 78.5 Å². The van der Waals surface area contributed by atoms with Crippen molar-refractivity contribution in [2.24, 2.45) is 7.05 Å². The van der Waals surface area contributed by atoms with Gasteiger partial charge >= 0.3 is 0 Å². The molecule has 5 aromatic rings. The standard InChI is InChI=1S/C29H31N5O3/c1-33-18-24(23-15-27(35-2)28(36-3)16-26(23)33)25-14-22-19(8-9-30-29(22)32-25)17-31-20-4-6-21(7-5-20)34-10-12-37-13-11-34/h4-9,14-16,18,31H,10-13,17H2,1-3H3,(H,30,32). The Kier molecular flexibility index (Phi) is 6.10. The SMILES string of the molecule is COc1cc2c(-c3cc4c(CNc5ccc(N6CCOCC6)cc5)ccnc4[nH]3)cn(C)c2cc1OC. The van der Waals surface area contributed by atoms with Crippen molar-refractivity contribution in [3.63, 3.8) is 0 Å². The average Bonchev–Trinajstić information content (AvgIpc) is 3.53. The van der Waals surface area contributed by atoms with Crippen LogP contribution in [0.3, 0.4) is 0 Å². The normalized spacial score (nSPS) is 13.9. The molecule has 0 amide bonds. The third-order valence-electron chi connectivity index (χ3n) is 7.13. The van der Waals surface area contributed by atoms with Crippen LogP contribution in [0.25, 0.3) is 33.2 Å². The highest BCUT2D eigenvalue weighted by molar-refractivity contribution is 5.99. The topological polar surface area (TPSA) is 76.6 Å². The number of aromatic amines is 1. The van der Waals surface area contributed by atoms with E-state index >= 15 is 0 Å². The van der Waals surface area contributed by atoms with Crippen LogP contribution in [0.2, 0.25) is 0 Å². The minimum absolute atomic E-state index is 0.702. The summed E-state index contributed by atoms with van der Waals surface area (Å²) in [5.41, 5.74) is 7.56. The largest absolute Gasteiger partial charge is 0.493 e. The molecular weight excluding hydrogens is 466 g/mol. The molecule has 190 valence electrons. The number of aryl methyl sites for hydroxylation is 1. The summed E-state index contributed by atoms with van der Waals surface area (Å²) in [5.74, 6) is 1.42. The predicted octanol–water partition coefficient (Wildman–Crippen LogP) is 5.19. The number of nitrogens with zero attached hydrogens (tertiary/aromatic N) is 3. The van der Waals surface area contributed by atoms with Gasteiger partial charge in [0.25, 0.3) is 0 Å². The van der Waals surface area contributed by atoms with Crippen molar-refractivity contribution in [1.82, 2.24) is 14.5 Å². The molecule has 0 aliphatic carbocycles. The highest BCUT2D eigenvalue weighted by atomic mass is 16.5. The number of hydrogen-bond acceptors (Lipinski definition) is 6. The Labute approximate surface area is 215 Å². The van der Waals surface area contributed by atoms with E-state index in [4.69, 9.17) is 14.2 Å². The van der Waals surface area contributed by atoms with Crippen molar-refractivity contribution in [3.8, 4) is 22.8 Å². The zero-order valence-corrected chi connectivity index (χ0v) is 21.4. The molecule has 3 aromatic heterocycles. The summed E-state index contributed by atoms with van der Waals surface area (Å²) in [7, 11) is 5.36. The van der Waals surface area contributed by atoms with Crippen molar-refractivity contribution in [2.45, 2.75) is 6.54 Å². The summed E-state index contributed by atoms with van der Waals surface area (Å²) in [4.78, 5) is 10.5. The molecule has 0 saturated carbocycles. The van der Waals surface area contributed by atoms with Gasteiger partial charge in [0.05, 0.1) is 33.0 Å². The summed E-state index contributed by atoms with van der Waals surface area (Å²) in [6.07, 6.45) is 3.99. The van der Waals surface area contributed by atoms with Crippen molar-refractivity contribution in [3.05, 3.63) is 66.5 Å². The number of fused-ring (bicyclic) bond motifs is 2. The van der Waals surface area contributed by atoms with Gasteiger partial charge < -0.3 is 34.0 Å². The molecule has 1 fully saturated rings. The van der Waals surface area contributed by atoms with Crippen LogP contribution in [0.15, 0.2) is 60.9 Å². The number of methoxy groups -OCH3 is 2. The number of morpholine rings is 1. The van der Waals surface area contributed by atoms with Crippen LogP contribution < -0.4 is 19.7 Å². The van der Waals surface area contributed by atoms with Gasteiger partial charge in [-0.2, -0.15) is 0 Å². The Balaban J connectivity index is 1.27. The van der Waals surface area contributed by atoms with Crippen molar-refractivity contribution in [1.29, 1.82) is 0 Å². The maximum atomic E-state index is 5.56. The van der Waals surface area contributed by atoms with E-state index in [2.05, 4.69) is 67.3 Å². The predicted molar refractivity (Wildman–Crippen MR) is 148 cm³/mol. The number of hydrogen-bond donors (Lipinski definition) is 2. The average molecular weight is 498 g/mol. The van der Waals surface area contributed by atoms with E-state index in [0.29, 0.717) is 18.0 Å². The van der Waals surface area contributed by atoms with Crippen molar-refractivity contribution in [2.75, 3.05) is 50.7 Å². The van der Waals surface area contributed by atoms with Crippen LogP contribution in [0.5, 0.6) is 11.5 Å². The smallest absolute Gasteiger partial charge is 0.162 e. The molecule has 0 unspecified atom stereocenters. The molecule has 37 heavy (non-hydrogen) atoms. The maximum Gasteiger partial charge on any atom is 0.162 e. The molecule has 0 radical (unpaired) electrons. The fraction of sp³-hybridized carbons (Fsp3) is 0.276. The Morgan fingerprint density at radius 3 is 2.49 bits per heavy atom. The van der Waals surface area contributed by atoms with Gasteiger partial charge in [-0.1, -0.05) is 0 Å². The molecule has 4 heterocycles. The molecule has 8 nitrogen and oxygen atoms in total. The molecule has 6 rings (SSSR count). The molecule has 0 bridgehead atoms. The molecule has 0 atom stereocenters. The monoisotopic (exact) mass is 497 g/mol. The molecule has 2 N–H and O–H groups in total. The van der Waals surface area contributed by atoms with Crippen LogP contribution in [-0.4, -0.2) is 55.1 Å². The lowest BCUT2D eigenvalue weighted by Crippen LogP contribution is -2.36. The molecule has 1 aliphatic rings. The molecular formula is C29H31N5O3. The van der Waals surface area contributed by atoms with Gasteiger partial charge in [-0.05, 0) is 48.0 Å². The van der Waals surface area contributed by atoms with Crippen LogP contribution in [0.4, 0.5) is 11.4 Å². The van der Waals surface area contributed by atoms with Gasteiger partial charge in [0.1, 0.15) is 5.65 Å². The number of nitrogens with one attached hydrogen (secondary N) is 2. The van der Waals surface area contributed by atoms with Gasteiger partial charge in [-0.15, -0.1) is 0 Å². The van der Waals surface area contributed by atoms with Crippen molar-refractivity contribution < 1.29 is 14.2 Å². The first-order valence-electron chi connectivity index (χ1n) is 12.5. The minimum Gasteiger partial charge on any atom is -0.493 e. The Bertz CT molecular complexity index is 1550. The van der Waals surface area contributed by atoms with E-state index in [1.807, 2.05) is 25.4 Å². The highest BCUT2D eigenvalue weighted by Crippen LogP contribution is 2.38. The molecule has 8 heteroatoms. The second-order valence-corrected chi connectivity index (χ2v) is 9.29. The zero-order valence-electron chi connectivity index (χ0n) is 21.4. The quantitative estimate of drug-likeness (QED) is 0.322. The molecule has 0 spiro atoms. The Hall–Kier alpha value is -4.17. The summed E-state index contributed by atoms with van der Waals surface area (Å²) in [6, 6.07) is 16.9. The van der Waals surface area contributed by atoms with E-state index in [-0.39, 0.29) is 0 Å². The number of rotatable bonds is 7. The first kappa shape index (κ1) is 23.2. The van der Waals surface area contributed by atoms with E-state index in [9.17, 15) is 0 Å². The van der Waals surface area contributed by atoms with Crippen LogP contribution in [-0.2, 0) is 18.3 Å². The number of ether oxygens (including phenoxy) is 3. The number of benzene rings is 2. The van der Waals surface area contributed by atoms with Gasteiger partial charge in [0.15, 0.2) is 11.5 Å². The van der Waals surface area contributed by atoms with E-state index in [0.717, 1.165) is 65.2 Å². The third kappa shape index (κ3) is 4.34. The zero-order chi connectivity index (χ0) is 25.4. The summed E-state index contributed by atoms with van der Waals surface area (Å²) in [6.45, 7) is 4.16. The minimum atomic E-state index is 0.702. The first-order chi connectivity index (χ1) is 18.1. The third-order valence-corrected chi connectivity index (χ3v) is 7.13. The second kappa shape index (κ2) is 9.71. The first-order valence-corrected chi connectivity index (χ1v) is 12.5. The number of pyridine rings is 1. The second-order valence-electron chi connectivity index (χ2n) is 9.29. The van der Waals surface area contributed by atoms with Crippen LogP contribution in [0, 0.1) is 0 Å². The molecule has 2 aromatic carbocycles. The van der Waals surface area contributed by atoms with E-state index in [1.54, 1.807) is 14.2 Å². The lowest BCUT2D eigenvalue weighted by Gasteiger charge is -2.28. The number of anilines is 2. The number of H-pyrrole nitrogens is 1. The van der Waals surface area contributed by atoms with E-state index < -0.39 is 0 Å². The highest BCUT2D eigenvalue weighted by Gasteiger charge is 2.17. The number of aromatic nitrogens is 3. The van der Waals surface area contributed by atoms with Crippen molar-refractivity contribution >= 4 is 33.3 Å². The summed E-state index contributed by atoms with van der Waals surface area (Å²) < 4.78 is 18.6. The molecule has 1 aliphatic heterocycles. The Morgan fingerprint density at radius 1 is 0.973 bits per heavy atom. The Morgan fingerprint density at radius 2 is 1.73 bits per heavy atom. The molecule has 1 saturated heterocycles. The van der Waals surface area contributed by atoms with Gasteiger partial charge in [0.2, 0.25) is 0 Å². The van der Waals surface area contributed by atoms with E-state index in [1.165, 1.54) is 11.3 Å². The van der Waals surface area contributed by atoms with Gasteiger partial charge in [-0.3, -0.25) is 0 Å². The fourth-order valence-corrected chi connectivity index (χ4v) is 5.11. The summed E-state index contributed by atoms with van der Waals surface area (Å²) in [5, 5.41) is 5.77. The van der Waals surface area contributed by atoms with Gasteiger partial charge in [-0.25, -0.2) is 4.98 Å². The maximum absolute atomic E-state index is 5.56.